The predicted octanol–water partition coefficient (Wildman–Crippen LogP) is 2.26. The van der Waals surface area contributed by atoms with Gasteiger partial charge in [-0.3, -0.25) is 4.79 Å². The molecule has 1 aromatic rings. The number of carbonyl (C=O) groups is 1. The van der Waals surface area contributed by atoms with Gasteiger partial charge in [0.1, 0.15) is 0 Å². The van der Waals surface area contributed by atoms with Crippen LogP contribution >= 0.6 is 23.1 Å². The average Bonchev–Trinajstić information content (AvgIpc) is 2.82. The zero-order valence-electron chi connectivity index (χ0n) is 10.2. The minimum atomic E-state index is -0.486. The van der Waals surface area contributed by atoms with Crippen molar-refractivity contribution in [2.45, 2.75) is 31.6 Å². The lowest BCUT2D eigenvalue weighted by molar-refractivity contribution is -0.120. The Labute approximate surface area is 111 Å². The zero-order valence-corrected chi connectivity index (χ0v) is 11.9. The molecule has 17 heavy (non-hydrogen) atoms. The lowest BCUT2D eigenvalue weighted by Gasteiger charge is -2.27. The molecule has 1 aromatic heterocycles. The average molecular weight is 273 g/mol. The highest BCUT2D eigenvalue weighted by Gasteiger charge is 2.22. The first-order valence-corrected chi connectivity index (χ1v) is 7.65. The highest BCUT2D eigenvalue weighted by Crippen LogP contribution is 2.17. The van der Waals surface area contributed by atoms with Crippen molar-refractivity contribution in [3.05, 3.63) is 22.4 Å². The Balaban J connectivity index is 2.25. The maximum absolute atomic E-state index is 11.7. The van der Waals surface area contributed by atoms with Crippen LogP contribution in [-0.2, 0) is 10.5 Å². The minimum absolute atomic E-state index is 0.00930. The molecule has 0 radical (unpaired) electrons. The fourth-order valence-electron chi connectivity index (χ4n) is 1.25. The van der Waals surface area contributed by atoms with Gasteiger partial charge in [-0.05, 0) is 24.8 Å². The topological polar surface area (TPSA) is 49.3 Å². The maximum Gasteiger partial charge on any atom is 0.230 e. The van der Waals surface area contributed by atoms with Crippen molar-refractivity contribution in [3.63, 3.8) is 0 Å². The van der Waals surface area contributed by atoms with E-state index in [1.165, 1.54) is 4.88 Å². The number of aliphatic hydroxyl groups excluding tert-OH is 1. The van der Waals surface area contributed by atoms with Crippen LogP contribution < -0.4 is 5.32 Å². The Hall–Kier alpha value is -0.520. The van der Waals surface area contributed by atoms with Crippen LogP contribution in [0.5, 0.6) is 0 Å². The van der Waals surface area contributed by atoms with E-state index >= 15 is 0 Å². The van der Waals surface area contributed by atoms with Crippen LogP contribution in [0.2, 0.25) is 0 Å². The Morgan fingerprint density at radius 2 is 2.41 bits per heavy atom. The number of thiophene rings is 1. The summed E-state index contributed by atoms with van der Waals surface area (Å²) in [5, 5.41) is 14.1. The SMILES string of the molecule is CCC(C)(CO)NC(=O)CSCc1cccs1. The number of hydrogen-bond donors (Lipinski definition) is 2. The maximum atomic E-state index is 11.7. The molecule has 3 nitrogen and oxygen atoms in total. The highest BCUT2D eigenvalue weighted by molar-refractivity contribution is 7.99. The lowest BCUT2D eigenvalue weighted by atomic mass is 10.0. The highest BCUT2D eigenvalue weighted by atomic mass is 32.2. The molecule has 1 amide bonds. The molecule has 0 fully saturated rings. The van der Waals surface area contributed by atoms with E-state index in [1.54, 1.807) is 23.1 Å². The van der Waals surface area contributed by atoms with Gasteiger partial charge in [0.05, 0.1) is 17.9 Å². The van der Waals surface area contributed by atoms with Crippen LogP contribution in [0.4, 0.5) is 0 Å². The van der Waals surface area contributed by atoms with Crippen LogP contribution in [0.1, 0.15) is 25.1 Å². The van der Waals surface area contributed by atoms with Crippen LogP contribution in [0, 0.1) is 0 Å². The molecular weight excluding hydrogens is 254 g/mol. The molecule has 0 aliphatic heterocycles. The molecule has 0 spiro atoms. The number of hydrogen-bond acceptors (Lipinski definition) is 4. The van der Waals surface area contributed by atoms with Gasteiger partial charge >= 0.3 is 0 Å². The second-order valence-electron chi connectivity index (χ2n) is 4.19. The summed E-state index contributed by atoms with van der Waals surface area (Å²) in [6, 6.07) is 4.08. The molecule has 5 heteroatoms. The number of thioether (sulfide) groups is 1. The lowest BCUT2D eigenvalue weighted by Crippen LogP contribution is -2.49. The fraction of sp³-hybridized carbons (Fsp3) is 0.583. The monoisotopic (exact) mass is 273 g/mol. The van der Waals surface area contributed by atoms with Gasteiger partial charge in [-0.1, -0.05) is 13.0 Å². The second kappa shape index (κ2) is 7.03. The molecular formula is C12H19NO2S2. The molecule has 1 rings (SSSR count). The van der Waals surface area contributed by atoms with Crippen LogP contribution in [0.15, 0.2) is 17.5 Å². The van der Waals surface area contributed by atoms with Gasteiger partial charge in [-0.25, -0.2) is 0 Å². The van der Waals surface area contributed by atoms with Gasteiger partial charge in [0.25, 0.3) is 0 Å². The van der Waals surface area contributed by atoms with E-state index in [1.807, 2.05) is 25.3 Å². The van der Waals surface area contributed by atoms with E-state index in [0.717, 1.165) is 12.2 Å². The summed E-state index contributed by atoms with van der Waals surface area (Å²) < 4.78 is 0. The van der Waals surface area contributed by atoms with E-state index in [2.05, 4.69) is 11.4 Å². The van der Waals surface area contributed by atoms with Crippen molar-refractivity contribution in [2.24, 2.45) is 0 Å². The Morgan fingerprint density at radius 1 is 1.65 bits per heavy atom. The third-order valence-electron chi connectivity index (χ3n) is 2.63. The molecule has 0 aromatic carbocycles. The molecule has 1 atom stereocenters. The molecule has 0 bridgehead atoms. The Kier molecular flexibility index (Phi) is 6.02. The van der Waals surface area contributed by atoms with E-state index in [9.17, 15) is 9.90 Å². The molecule has 0 saturated heterocycles. The predicted molar refractivity (Wildman–Crippen MR) is 74.4 cm³/mol. The van der Waals surface area contributed by atoms with Crippen molar-refractivity contribution >= 4 is 29.0 Å². The first-order chi connectivity index (χ1) is 8.09. The first-order valence-electron chi connectivity index (χ1n) is 5.61. The van der Waals surface area contributed by atoms with Crippen molar-refractivity contribution in [3.8, 4) is 0 Å². The standard InChI is InChI=1S/C12H19NO2S2/c1-3-12(2,9-14)13-11(15)8-16-7-10-5-4-6-17-10/h4-6,14H,3,7-9H2,1-2H3,(H,13,15). The Bertz CT molecular complexity index is 334. The van der Waals surface area contributed by atoms with Crippen molar-refractivity contribution in [2.75, 3.05) is 12.4 Å². The molecule has 2 N–H and O–H groups in total. The van der Waals surface area contributed by atoms with Crippen LogP contribution in [0.3, 0.4) is 0 Å². The van der Waals surface area contributed by atoms with E-state index < -0.39 is 5.54 Å². The third-order valence-corrected chi connectivity index (χ3v) is 4.67. The summed E-state index contributed by atoms with van der Waals surface area (Å²) in [5.41, 5.74) is -0.486. The number of nitrogens with one attached hydrogen (secondary N) is 1. The Morgan fingerprint density at radius 3 is 2.94 bits per heavy atom. The zero-order chi connectivity index (χ0) is 12.7. The minimum Gasteiger partial charge on any atom is -0.394 e. The number of rotatable bonds is 7. The molecule has 1 unspecified atom stereocenters. The van der Waals surface area contributed by atoms with E-state index in [4.69, 9.17) is 0 Å². The molecule has 0 aliphatic carbocycles. The van der Waals surface area contributed by atoms with Crippen LogP contribution in [0.25, 0.3) is 0 Å². The van der Waals surface area contributed by atoms with E-state index in [-0.39, 0.29) is 12.5 Å². The summed E-state index contributed by atoms with van der Waals surface area (Å²) in [6.07, 6.45) is 0.727. The third kappa shape index (κ3) is 5.10. The largest absolute Gasteiger partial charge is 0.394 e. The quantitative estimate of drug-likeness (QED) is 0.801. The summed E-state index contributed by atoms with van der Waals surface area (Å²) in [6.45, 7) is 3.79. The first kappa shape index (κ1) is 14.5. The number of aliphatic hydroxyl groups is 1. The van der Waals surface area contributed by atoms with Crippen molar-refractivity contribution < 1.29 is 9.90 Å². The van der Waals surface area contributed by atoms with Crippen molar-refractivity contribution in [1.29, 1.82) is 0 Å². The smallest absolute Gasteiger partial charge is 0.230 e. The van der Waals surface area contributed by atoms with Crippen molar-refractivity contribution in [1.82, 2.24) is 5.32 Å². The van der Waals surface area contributed by atoms with Gasteiger partial charge in [0, 0.05) is 10.6 Å². The van der Waals surface area contributed by atoms with Gasteiger partial charge in [-0.2, -0.15) is 0 Å². The molecule has 1 heterocycles. The van der Waals surface area contributed by atoms with Gasteiger partial charge < -0.3 is 10.4 Å². The fourth-order valence-corrected chi connectivity index (χ4v) is 2.92. The number of carbonyl (C=O) groups excluding carboxylic acids is 1. The van der Waals surface area contributed by atoms with Gasteiger partial charge in [-0.15, -0.1) is 23.1 Å². The summed E-state index contributed by atoms with van der Waals surface area (Å²) in [7, 11) is 0. The van der Waals surface area contributed by atoms with E-state index in [0.29, 0.717) is 5.75 Å². The second-order valence-corrected chi connectivity index (χ2v) is 6.21. The summed E-state index contributed by atoms with van der Waals surface area (Å²) in [5.74, 6) is 1.30. The van der Waals surface area contributed by atoms with Gasteiger partial charge in [0.2, 0.25) is 5.91 Å². The molecule has 0 saturated carbocycles. The number of amides is 1. The summed E-state index contributed by atoms with van der Waals surface area (Å²) in [4.78, 5) is 12.9. The summed E-state index contributed by atoms with van der Waals surface area (Å²) >= 11 is 3.30. The van der Waals surface area contributed by atoms with Gasteiger partial charge in [0.15, 0.2) is 0 Å². The molecule has 96 valence electrons. The normalized spacial score (nSPS) is 14.3. The van der Waals surface area contributed by atoms with Crippen LogP contribution in [-0.4, -0.2) is 28.9 Å². The molecule has 0 aliphatic rings.